The predicted molar refractivity (Wildman–Crippen MR) is 3.61 cm³/mol. The van der Waals surface area contributed by atoms with Crippen LogP contribution in [0.5, 0.6) is 0 Å². The summed E-state index contributed by atoms with van der Waals surface area (Å²) in [6.07, 6.45) is 0. The summed E-state index contributed by atoms with van der Waals surface area (Å²) in [6.45, 7) is 0. The molecule has 0 unspecified atom stereocenters. The first kappa shape index (κ1) is 39.6. The molecular formula is H2FeMnOZr. The normalized spacial score (nSPS) is 0. The van der Waals surface area contributed by atoms with Gasteiger partial charge in [-0.2, -0.15) is 0 Å². The van der Waals surface area contributed by atoms with Gasteiger partial charge >= 0.3 is 0 Å². The van der Waals surface area contributed by atoms with E-state index in [1.807, 2.05) is 0 Å². The van der Waals surface area contributed by atoms with Crippen LogP contribution in [-0.4, -0.2) is 5.48 Å². The smallest absolute Gasteiger partial charge is 0 e. The van der Waals surface area contributed by atoms with Crippen LogP contribution in [0.25, 0.3) is 0 Å². The molecule has 0 aliphatic rings. The van der Waals surface area contributed by atoms with Crippen LogP contribution in [0.3, 0.4) is 0 Å². The molecule has 0 spiro atoms. The maximum Gasteiger partial charge on any atom is 0 e. The summed E-state index contributed by atoms with van der Waals surface area (Å²) in [7, 11) is 0. The number of rotatable bonds is 0. The fraction of sp³-hybridized carbons (Fsp3) is 0. The fourth-order valence-corrected chi connectivity index (χ4v) is 0. The zero-order valence-corrected chi connectivity index (χ0v) is 6.47. The number of hydrogen-bond acceptors (Lipinski definition) is 0. The second-order valence-corrected chi connectivity index (χ2v) is 0. The monoisotopic (exact) mass is 219 g/mol. The van der Waals surface area contributed by atoms with E-state index in [-0.39, 0.29) is 65.8 Å². The Labute approximate surface area is 65.3 Å². The number of hydrogen-bond donors (Lipinski definition) is 0. The molecule has 27 valence electrons. The average Bonchev–Trinajstić information content (AvgIpc) is 0. The molecule has 0 fully saturated rings. The molecule has 1 nitrogen and oxygen atoms in total. The van der Waals surface area contributed by atoms with Crippen molar-refractivity contribution in [3.63, 3.8) is 0 Å². The topological polar surface area (TPSA) is 31.5 Å². The molecule has 0 amide bonds. The largest absolute Gasteiger partial charge is 0.412 e. The SMILES string of the molecule is O.[Fe].[Mn].[Zr]. The first-order valence-corrected chi connectivity index (χ1v) is 0. The van der Waals surface area contributed by atoms with Crippen molar-refractivity contribution in [3.05, 3.63) is 0 Å². The van der Waals surface area contributed by atoms with E-state index in [1.54, 1.807) is 0 Å². The van der Waals surface area contributed by atoms with E-state index in [9.17, 15) is 0 Å². The molecule has 0 aliphatic heterocycles. The molecule has 4 heavy (non-hydrogen) atoms. The first-order valence-electron chi connectivity index (χ1n) is 0. The molecule has 0 saturated heterocycles. The molecule has 4 heteroatoms. The molecule has 0 aliphatic carbocycles. The van der Waals surface area contributed by atoms with E-state index in [1.165, 1.54) is 0 Å². The predicted octanol–water partition coefficient (Wildman–Crippen LogP) is -0.832. The minimum absolute atomic E-state index is 0. The van der Waals surface area contributed by atoms with Gasteiger partial charge in [0.15, 0.2) is 0 Å². The second kappa shape index (κ2) is 20.8. The van der Waals surface area contributed by atoms with Gasteiger partial charge in [-0.05, 0) is 0 Å². The Balaban J connectivity index is 0. The Kier molecular flexibility index (Phi) is 206. The Morgan fingerprint density at radius 1 is 1.00 bits per heavy atom. The average molecular weight is 220 g/mol. The van der Waals surface area contributed by atoms with Crippen LogP contribution in [0, 0.1) is 0 Å². The van der Waals surface area contributed by atoms with Crippen LogP contribution >= 0.6 is 0 Å². The van der Waals surface area contributed by atoms with Gasteiger partial charge in [-0.1, -0.05) is 0 Å². The Morgan fingerprint density at radius 3 is 1.00 bits per heavy atom. The molecule has 0 rings (SSSR count). The minimum atomic E-state index is 0. The third kappa shape index (κ3) is 9.10. The Morgan fingerprint density at radius 2 is 1.00 bits per heavy atom. The van der Waals surface area contributed by atoms with E-state index in [0.717, 1.165) is 0 Å². The fourth-order valence-electron chi connectivity index (χ4n) is 0. The van der Waals surface area contributed by atoms with E-state index in [4.69, 9.17) is 0 Å². The standard InChI is InChI=1S/Fe.Mn.H2O.Zr/h;;1H2;. The van der Waals surface area contributed by atoms with Crippen molar-refractivity contribution in [2.24, 2.45) is 0 Å². The van der Waals surface area contributed by atoms with Gasteiger partial charge < -0.3 is 5.48 Å². The van der Waals surface area contributed by atoms with Gasteiger partial charge in [0.05, 0.1) is 0 Å². The van der Waals surface area contributed by atoms with Gasteiger partial charge in [-0.25, -0.2) is 0 Å². The van der Waals surface area contributed by atoms with Gasteiger partial charge in [-0.3, -0.25) is 0 Å². The van der Waals surface area contributed by atoms with Gasteiger partial charge in [-0.15, -0.1) is 0 Å². The van der Waals surface area contributed by atoms with Crippen molar-refractivity contribution in [1.82, 2.24) is 0 Å². The molecule has 0 aromatic rings. The summed E-state index contributed by atoms with van der Waals surface area (Å²) in [6, 6.07) is 0. The van der Waals surface area contributed by atoms with Crippen molar-refractivity contribution in [2.45, 2.75) is 0 Å². The summed E-state index contributed by atoms with van der Waals surface area (Å²) in [5.41, 5.74) is 0. The van der Waals surface area contributed by atoms with Crippen LogP contribution in [0.2, 0.25) is 0 Å². The summed E-state index contributed by atoms with van der Waals surface area (Å²) < 4.78 is 0. The van der Waals surface area contributed by atoms with Crippen LogP contribution in [0.15, 0.2) is 0 Å². The minimum Gasteiger partial charge on any atom is -0.412 e. The summed E-state index contributed by atoms with van der Waals surface area (Å²) in [5.74, 6) is 0. The molecule has 0 saturated carbocycles. The summed E-state index contributed by atoms with van der Waals surface area (Å²) in [5, 5.41) is 0. The van der Waals surface area contributed by atoms with Gasteiger partial charge in [0.1, 0.15) is 0 Å². The maximum absolute atomic E-state index is 0. The molecule has 0 aromatic carbocycles. The van der Waals surface area contributed by atoms with Crippen molar-refractivity contribution in [2.75, 3.05) is 0 Å². The van der Waals surface area contributed by atoms with Crippen molar-refractivity contribution < 1.29 is 65.8 Å². The van der Waals surface area contributed by atoms with Crippen LogP contribution in [0.4, 0.5) is 0 Å². The summed E-state index contributed by atoms with van der Waals surface area (Å²) >= 11 is 0. The van der Waals surface area contributed by atoms with Crippen LogP contribution in [-0.2, 0) is 60.3 Å². The maximum atomic E-state index is 0. The van der Waals surface area contributed by atoms with Gasteiger partial charge in [0, 0.05) is 60.3 Å². The first-order chi connectivity index (χ1) is 0. The molecular weight excluding hydrogens is 218 g/mol. The molecule has 0 atom stereocenters. The van der Waals surface area contributed by atoms with Crippen molar-refractivity contribution in [1.29, 1.82) is 0 Å². The second-order valence-electron chi connectivity index (χ2n) is 0. The molecule has 2 N–H and O–H groups in total. The Bertz CT molecular complexity index is 8.00. The van der Waals surface area contributed by atoms with E-state index in [0.29, 0.717) is 0 Å². The van der Waals surface area contributed by atoms with Crippen molar-refractivity contribution >= 4 is 0 Å². The van der Waals surface area contributed by atoms with Crippen LogP contribution < -0.4 is 0 Å². The van der Waals surface area contributed by atoms with E-state index < -0.39 is 0 Å². The third-order valence-electron chi connectivity index (χ3n) is 0. The van der Waals surface area contributed by atoms with Gasteiger partial charge in [0.2, 0.25) is 0 Å². The van der Waals surface area contributed by atoms with E-state index >= 15 is 0 Å². The summed E-state index contributed by atoms with van der Waals surface area (Å²) in [4.78, 5) is 0. The van der Waals surface area contributed by atoms with Crippen molar-refractivity contribution in [3.8, 4) is 0 Å². The van der Waals surface area contributed by atoms with Gasteiger partial charge in [0.25, 0.3) is 0 Å². The molecule has 0 aromatic heterocycles. The zero-order valence-electron chi connectivity index (χ0n) is 1.73. The molecule has 0 heterocycles. The van der Waals surface area contributed by atoms with E-state index in [2.05, 4.69) is 0 Å². The zero-order chi connectivity index (χ0) is 0. The van der Waals surface area contributed by atoms with Crippen LogP contribution in [0.1, 0.15) is 0 Å². The third-order valence-corrected chi connectivity index (χ3v) is 0. The molecule has 1 radical (unpaired) electrons. The quantitative estimate of drug-likeness (QED) is 0.477. The Hall–Kier alpha value is 1.88. The molecule has 0 bridgehead atoms.